The van der Waals surface area contributed by atoms with E-state index in [1.807, 2.05) is 13.0 Å². The molecule has 14 heavy (non-hydrogen) atoms. The number of carbonyl (C=O) groups is 1. The summed E-state index contributed by atoms with van der Waals surface area (Å²) in [6, 6.07) is 0. The summed E-state index contributed by atoms with van der Waals surface area (Å²) in [5.74, 6) is 0.120. The highest BCUT2D eigenvalue weighted by Crippen LogP contribution is 2.01. The summed E-state index contributed by atoms with van der Waals surface area (Å²) in [4.78, 5) is 11.1. The van der Waals surface area contributed by atoms with Crippen LogP contribution in [-0.4, -0.2) is 12.5 Å². The first kappa shape index (κ1) is 12.7. The predicted octanol–water partition coefficient (Wildman–Crippen LogP) is 2.59. The molecular formula is C12H19NO. The topological polar surface area (TPSA) is 29.1 Å². The normalized spacial score (nSPS) is 10.8. The van der Waals surface area contributed by atoms with Gasteiger partial charge in [-0.2, -0.15) is 0 Å². The molecule has 0 heterocycles. The van der Waals surface area contributed by atoms with Gasteiger partial charge in [-0.15, -0.1) is 0 Å². The predicted molar refractivity (Wildman–Crippen MR) is 61.0 cm³/mol. The van der Waals surface area contributed by atoms with Gasteiger partial charge < -0.3 is 5.32 Å². The molecule has 0 saturated carbocycles. The van der Waals surface area contributed by atoms with E-state index in [-0.39, 0.29) is 5.91 Å². The Morgan fingerprint density at radius 2 is 2.07 bits per heavy atom. The standard InChI is InChI=1S/C12H19NO/c1-4-7-11(6-3)9-10-13-12(14)8-5-2/h4,6-7H,1,3,5,8-10H2,2H3,(H,13,14)/b11-7+. The minimum atomic E-state index is 0.120. The van der Waals surface area contributed by atoms with Crippen molar-refractivity contribution >= 4 is 5.91 Å². The molecule has 0 aliphatic rings. The summed E-state index contributed by atoms with van der Waals surface area (Å²) in [6.07, 6.45) is 7.72. The maximum Gasteiger partial charge on any atom is 0.219 e. The monoisotopic (exact) mass is 193 g/mol. The molecule has 0 rings (SSSR count). The van der Waals surface area contributed by atoms with Crippen molar-refractivity contribution in [1.82, 2.24) is 5.32 Å². The Kier molecular flexibility index (Phi) is 7.52. The van der Waals surface area contributed by atoms with E-state index in [1.54, 1.807) is 12.2 Å². The van der Waals surface area contributed by atoms with Crippen LogP contribution in [0.25, 0.3) is 0 Å². The van der Waals surface area contributed by atoms with Crippen molar-refractivity contribution in [2.75, 3.05) is 6.54 Å². The van der Waals surface area contributed by atoms with Crippen LogP contribution in [-0.2, 0) is 4.79 Å². The number of amides is 1. The lowest BCUT2D eigenvalue weighted by atomic mass is 10.1. The van der Waals surface area contributed by atoms with Crippen LogP contribution in [0.2, 0.25) is 0 Å². The quantitative estimate of drug-likeness (QED) is 0.619. The lowest BCUT2D eigenvalue weighted by Crippen LogP contribution is -2.23. The SMILES string of the molecule is C=C/C=C(\C=C)CCNC(=O)CCC. The van der Waals surface area contributed by atoms with Gasteiger partial charge in [-0.1, -0.05) is 38.3 Å². The van der Waals surface area contributed by atoms with E-state index < -0.39 is 0 Å². The first-order valence-electron chi connectivity index (χ1n) is 4.95. The van der Waals surface area contributed by atoms with Gasteiger partial charge in [0, 0.05) is 13.0 Å². The average Bonchev–Trinajstić information content (AvgIpc) is 2.17. The van der Waals surface area contributed by atoms with E-state index in [1.165, 1.54) is 0 Å². The third kappa shape index (κ3) is 6.23. The summed E-state index contributed by atoms with van der Waals surface area (Å²) < 4.78 is 0. The number of allylic oxidation sites excluding steroid dienone is 3. The van der Waals surface area contributed by atoms with Crippen LogP contribution in [0.5, 0.6) is 0 Å². The van der Waals surface area contributed by atoms with Crippen molar-refractivity contribution in [2.45, 2.75) is 26.2 Å². The first-order valence-corrected chi connectivity index (χ1v) is 4.95. The minimum absolute atomic E-state index is 0.120. The largest absolute Gasteiger partial charge is 0.356 e. The van der Waals surface area contributed by atoms with Crippen LogP contribution in [0.3, 0.4) is 0 Å². The van der Waals surface area contributed by atoms with Crippen LogP contribution >= 0.6 is 0 Å². The maximum absolute atomic E-state index is 11.1. The van der Waals surface area contributed by atoms with Gasteiger partial charge >= 0.3 is 0 Å². The first-order chi connectivity index (χ1) is 6.74. The zero-order valence-electron chi connectivity index (χ0n) is 8.88. The minimum Gasteiger partial charge on any atom is -0.356 e. The molecule has 0 aromatic carbocycles. The number of carbonyl (C=O) groups excluding carboxylic acids is 1. The fourth-order valence-corrected chi connectivity index (χ4v) is 1.07. The lowest BCUT2D eigenvalue weighted by Gasteiger charge is -2.04. The van der Waals surface area contributed by atoms with E-state index in [2.05, 4.69) is 18.5 Å². The van der Waals surface area contributed by atoms with E-state index >= 15 is 0 Å². The van der Waals surface area contributed by atoms with Crippen LogP contribution in [0.4, 0.5) is 0 Å². The Hall–Kier alpha value is -1.31. The third-order valence-electron chi connectivity index (χ3n) is 1.81. The Bertz CT molecular complexity index is 228. The van der Waals surface area contributed by atoms with E-state index in [4.69, 9.17) is 0 Å². The van der Waals surface area contributed by atoms with Crippen molar-refractivity contribution in [3.8, 4) is 0 Å². The third-order valence-corrected chi connectivity index (χ3v) is 1.81. The molecule has 0 aromatic heterocycles. The van der Waals surface area contributed by atoms with E-state index in [9.17, 15) is 4.79 Å². The molecule has 0 spiro atoms. The highest BCUT2D eigenvalue weighted by Gasteiger charge is 1.97. The second kappa shape index (κ2) is 8.30. The van der Waals surface area contributed by atoms with Gasteiger partial charge in [0.15, 0.2) is 0 Å². The van der Waals surface area contributed by atoms with E-state index in [0.29, 0.717) is 13.0 Å². The number of rotatable bonds is 7. The molecule has 0 fully saturated rings. The fourth-order valence-electron chi connectivity index (χ4n) is 1.07. The van der Waals surface area contributed by atoms with Crippen molar-refractivity contribution in [1.29, 1.82) is 0 Å². The number of hydrogen-bond acceptors (Lipinski definition) is 1. The van der Waals surface area contributed by atoms with Crippen LogP contribution < -0.4 is 5.32 Å². The van der Waals surface area contributed by atoms with Crippen LogP contribution in [0.15, 0.2) is 37.0 Å². The van der Waals surface area contributed by atoms with Gasteiger partial charge in [-0.3, -0.25) is 4.79 Å². The summed E-state index contributed by atoms with van der Waals surface area (Å²) in [5, 5.41) is 2.84. The summed E-state index contributed by atoms with van der Waals surface area (Å²) in [5.41, 5.74) is 1.09. The Morgan fingerprint density at radius 1 is 1.36 bits per heavy atom. The summed E-state index contributed by atoms with van der Waals surface area (Å²) >= 11 is 0. The van der Waals surface area contributed by atoms with Gasteiger partial charge in [-0.05, 0) is 18.4 Å². The molecule has 2 nitrogen and oxygen atoms in total. The van der Waals surface area contributed by atoms with Crippen molar-refractivity contribution < 1.29 is 4.79 Å². The maximum atomic E-state index is 11.1. The molecule has 78 valence electrons. The fraction of sp³-hybridized carbons (Fsp3) is 0.417. The molecule has 0 aliphatic carbocycles. The Balaban J connectivity index is 3.71. The number of hydrogen-bond donors (Lipinski definition) is 1. The van der Waals surface area contributed by atoms with Gasteiger partial charge in [0.1, 0.15) is 0 Å². The zero-order valence-corrected chi connectivity index (χ0v) is 8.88. The Morgan fingerprint density at radius 3 is 2.57 bits per heavy atom. The molecule has 1 amide bonds. The smallest absolute Gasteiger partial charge is 0.219 e. The molecule has 0 aromatic rings. The number of nitrogens with one attached hydrogen (secondary N) is 1. The van der Waals surface area contributed by atoms with Crippen LogP contribution in [0.1, 0.15) is 26.2 Å². The molecule has 0 atom stereocenters. The highest BCUT2D eigenvalue weighted by molar-refractivity contribution is 5.75. The van der Waals surface area contributed by atoms with Gasteiger partial charge in [0.25, 0.3) is 0 Å². The van der Waals surface area contributed by atoms with Crippen molar-refractivity contribution in [3.63, 3.8) is 0 Å². The highest BCUT2D eigenvalue weighted by atomic mass is 16.1. The molecular weight excluding hydrogens is 174 g/mol. The van der Waals surface area contributed by atoms with E-state index in [0.717, 1.165) is 18.4 Å². The molecule has 0 bridgehead atoms. The van der Waals surface area contributed by atoms with Crippen molar-refractivity contribution in [2.24, 2.45) is 0 Å². The van der Waals surface area contributed by atoms with Gasteiger partial charge in [0.2, 0.25) is 5.91 Å². The molecule has 0 saturated heterocycles. The summed E-state index contributed by atoms with van der Waals surface area (Å²) in [7, 11) is 0. The van der Waals surface area contributed by atoms with Crippen LogP contribution in [0, 0.1) is 0 Å². The van der Waals surface area contributed by atoms with Gasteiger partial charge in [-0.25, -0.2) is 0 Å². The second-order valence-electron chi connectivity index (χ2n) is 3.03. The van der Waals surface area contributed by atoms with Gasteiger partial charge in [0.05, 0.1) is 0 Å². The molecule has 2 heteroatoms. The lowest BCUT2D eigenvalue weighted by molar-refractivity contribution is -0.121. The molecule has 0 aliphatic heterocycles. The molecule has 1 N–H and O–H groups in total. The molecule has 0 radical (unpaired) electrons. The molecule has 0 unspecified atom stereocenters. The summed E-state index contributed by atoms with van der Waals surface area (Å²) in [6.45, 7) is 9.96. The Labute approximate surface area is 86.4 Å². The second-order valence-corrected chi connectivity index (χ2v) is 3.03. The van der Waals surface area contributed by atoms with Crippen molar-refractivity contribution in [3.05, 3.63) is 37.0 Å². The average molecular weight is 193 g/mol. The zero-order chi connectivity index (χ0) is 10.8.